The van der Waals surface area contributed by atoms with Crippen LogP contribution in [0.2, 0.25) is 10.0 Å². The first-order valence-corrected chi connectivity index (χ1v) is 9.79. The number of hydrogen-bond donors (Lipinski definition) is 1. The van der Waals surface area contributed by atoms with Crippen molar-refractivity contribution in [3.05, 3.63) is 87.4 Å². The predicted molar refractivity (Wildman–Crippen MR) is 119 cm³/mol. The van der Waals surface area contributed by atoms with Gasteiger partial charge in [0.15, 0.2) is 6.17 Å². The molecule has 6 nitrogen and oxygen atoms in total. The highest BCUT2D eigenvalue weighted by Crippen LogP contribution is 2.30. The zero-order chi connectivity index (χ0) is 21.3. The van der Waals surface area contributed by atoms with Crippen molar-refractivity contribution in [3.63, 3.8) is 0 Å². The van der Waals surface area contributed by atoms with Crippen LogP contribution in [0.25, 0.3) is 5.57 Å². The molecule has 1 atom stereocenters. The van der Waals surface area contributed by atoms with Crippen molar-refractivity contribution in [1.82, 2.24) is 10.3 Å². The second-order valence-corrected chi connectivity index (χ2v) is 7.52. The first kappa shape index (κ1) is 19.9. The van der Waals surface area contributed by atoms with Crippen LogP contribution in [0.5, 0.6) is 0 Å². The number of hydrazone groups is 1. The Balaban J connectivity index is 1.81. The molecule has 2 aliphatic rings. The minimum Gasteiger partial charge on any atom is -0.290 e. The number of benzene rings is 2. The van der Waals surface area contributed by atoms with Gasteiger partial charge in [-0.2, -0.15) is 15.4 Å². The predicted octanol–water partition coefficient (Wildman–Crippen LogP) is 4.99. The van der Waals surface area contributed by atoms with Crippen LogP contribution in [0.1, 0.15) is 23.6 Å². The smallest absolute Gasteiger partial charge is 0.290 e. The van der Waals surface area contributed by atoms with Gasteiger partial charge in [-0.1, -0.05) is 35.3 Å². The molecule has 2 aromatic carbocycles. The molecule has 0 spiro atoms. The van der Waals surface area contributed by atoms with Crippen molar-refractivity contribution < 1.29 is 4.79 Å². The minimum absolute atomic E-state index is 0.401. The molecule has 2 heterocycles. The summed E-state index contributed by atoms with van der Waals surface area (Å²) in [6.07, 6.45) is 4.84. The molecule has 2 aliphatic heterocycles. The number of aliphatic imine (C=N–C) groups is 1. The monoisotopic (exact) mass is 435 g/mol. The van der Waals surface area contributed by atoms with Crippen LogP contribution in [-0.2, 0) is 0 Å². The summed E-state index contributed by atoms with van der Waals surface area (Å²) in [6, 6.07) is 13.8. The molecule has 2 amide bonds. The van der Waals surface area contributed by atoms with Crippen molar-refractivity contribution in [2.24, 2.45) is 10.1 Å². The average molecular weight is 436 g/mol. The van der Waals surface area contributed by atoms with Gasteiger partial charge in [0.25, 0.3) is 0 Å². The lowest BCUT2D eigenvalue weighted by Gasteiger charge is -2.30. The van der Waals surface area contributed by atoms with Gasteiger partial charge in [0.05, 0.1) is 17.3 Å². The molecule has 148 valence electrons. The van der Waals surface area contributed by atoms with Gasteiger partial charge in [0.2, 0.25) is 0 Å². The Morgan fingerprint density at radius 1 is 1.13 bits per heavy atom. The quantitative estimate of drug-likeness (QED) is 0.720. The Morgan fingerprint density at radius 2 is 1.90 bits per heavy atom. The van der Waals surface area contributed by atoms with Crippen molar-refractivity contribution in [2.75, 3.05) is 0 Å². The molecule has 30 heavy (non-hydrogen) atoms. The fraction of sp³-hybridized carbons (Fsp3) is 0.0909. The highest BCUT2D eigenvalue weighted by atomic mass is 35.5. The number of allylic oxidation sites excluding steroid dienone is 3. The van der Waals surface area contributed by atoms with Crippen LogP contribution in [0.4, 0.5) is 4.79 Å². The average Bonchev–Trinajstić information content (AvgIpc) is 2.72. The molecule has 0 bridgehead atoms. The van der Waals surface area contributed by atoms with Crippen LogP contribution >= 0.6 is 23.2 Å². The van der Waals surface area contributed by atoms with E-state index in [1.807, 2.05) is 18.2 Å². The Hall–Kier alpha value is -3.40. The number of urea groups is 1. The number of carbonyl (C=O) groups excluding carboxylic acids is 1. The van der Waals surface area contributed by atoms with Gasteiger partial charge in [0.1, 0.15) is 5.84 Å². The maximum Gasteiger partial charge on any atom is 0.345 e. The van der Waals surface area contributed by atoms with Crippen LogP contribution in [0.15, 0.2) is 70.8 Å². The topological polar surface area (TPSA) is 80.9 Å². The van der Waals surface area contributed by atoms with Crippen molar-refractivity contribution >= 4 is 46.4 Å². The molecular formula is C22H15Cl2N5O. The SMILES string of the molecule is CC1=N/N2C(=O)NC(c3ccc(C#N)cc3)=NC2C=C(c2ccc(Cl)cc2Cl)/C=C\1. The third kappa shape index (κ3) is 3.99. The number of amidine groups is 1. The first-order valence-electron chi connectivity index (χ1n) is 9.04. The van der Waals surface area contributed by atoms with Gasteiger partial charge < -0.3 is 0 Å². The molecule has 0 fully saturated rings. The van der Waals surface area contributed by atoms with Crippen molar-refractivity contribution in [2.45, 2.75) is 13.1 Å². The number of halogens is 2. The number of carbonyl (C=O) groups is 1. The zero-order valence-electron chi connectivity index (χ0n) is 15.8. The van der Waals surface area contributed by atoms with Crippen LogP contribution in [0, 0.1) is 11.3 Å². The molecule has 0 aromatic heterocycles. The van der Waals surface area contributed by atoms with E-state index in [4.69, 9.17) is 28.5 Å². The lowest BCUT2D eigenvalue weighted by atomic mass is 10.0. The second kappa shape index (κ2) is 8.15. The largest absolute Gasteiger partial charge is 0.345 e. The fourth-order valence-electron chi connectivity index (χ4n) is 3.09. The highest BCUT2D eigenvalue weighted by Gasteiger charge is 2.30. The number of nitrogens with one attached hydrogen (secondary N) is 1. The van der Waals surface area contributed by atoms with E-state index in [0.29, 0.717) is 32.7 Å². The maximum atomic E-state index is 12.8. The number of hydrogen-bond acceptors (Lipinski definition) is 4. The van der Waals surface area contributed by atoms with Crippen LogP contribution in [-0.4, -0.2) is 28.8 Å². The van der Waals surface area contributed by atoms with E-state index in [1.165, 1.54) is 5.01 Å². The van der Waals surface area contributed by atoms with E-state index in [9.17, 15) is 4.79 Å². The lowest BCUT2D eigenvalue weighted by Crippen LogP contribution is -2.50. The molecule has 4 rings (SSSR count). The number of rotatable bonds is 2. The highest BCUT2D eigenvalue weighted by molar-refractivity contribution is 6.35. The van der Waals surface area contributed by atoms with Crippen molar-refractivity contribution in [3.8, 4) is 6.07 Å². The molecule has 2 aromatic rings. The third-order valence-electron chi connectivity index (χ3n) is 4.57. The summed E-state index contributed by atoms with van der Waals surface area (Å²) >= 11 is 12.4. The molecule has 1 unspecified atom stereocenters. The summed E-state index contributed by atoms with van der Waals surface area (Å²) in [6.45, 7) is 1.80. The lowest BCUT2D eigenvalue weighted by molar-refractivity contribution is 0.191. The second-order valence-electron chi connectivity index (χ2n) is 6.68. The molecule has 1 N–H and O–H groups in total. The molecular weight excluding hydrogens is 421 g/mol. The summed E-state index contributed by atoms with van der Waals surface area (Å²) in [4.78, 5) is 17.5. The van der Waals surface area contributed by atoms with E-state index in [-0.39, 0.29) is 0 Å². The molecule has 0 radical (unpaired) electrons. The van der Waals surface area contributed by atoms with Crippen LogP contribution < -0.4 is 5.32 Å². The summed E-state index contributed by atoms with van der Waals surface area (Å²) in [5, 5.41) is 18.4. The van der Waals surface area contributed by atoms with E-state index >= 15 is 0 Å². The van der Waals surface area contributed by atoms with E-state index < -0.39 is 12.2 Å². The summed E-state index contributed by atoms with van der Waals surface area (Å²) in [7, 11) is 0. The fourth-order valence-corrected chi connectivity index (χ4v) is 3.61. The minimum atomic E-state index is -0.675. The standard InChI is InChI=1S/C22H15Cl2N5O/c1-13-2-5-16(18-9-8-17(23)11-19(18)24)10-20-26-21(27-22(30)29(20)28-13)15-6-3-14(12-25)4-7-15/h2-11,20H,1H3,(H,26,27,30)/b5-2-,16-10?,28-13-. The number of fused-ring (bicyclic) bond motifs is 1. The first-order chi connectivity index (χ1) is 14.4. The van der Waals surface area contributed by atoms with E-state index in [2.05, 4.69) is 21.5 Å². The normalized spacial score (nSPS) is 21.0. The van der Waals surface area contributed by atoms with E-state index in [0.717, 1.165) is 11.1 Å². The molecule has 0 aliphatic carbocycles. The number of nitriles is 1. The van der Waals surface area contributed by atoms with Gasteiger partial charge in [-0.05, 0) is 61.0 Å². The molecule has 0 saturated heterocycles. The molecule has 8 heteroatoms. The Labute approximate surface area is 183 Å². The van der Waals surface area contributed by atoms with Gasteiger partial charge >= 0.3 is 6.03 Å². The Kier molecular flexibility index (Phi) is 5.40. The van der Waals surface area contributed by atoms with Gasteiger partial charge in [-0.15, -0.1) is 0 Å². The third-order valence-corrected chi connectivity index (χ3v) is 5.12. The number of nitrogens with zero attached hydrogens (tertiary/aromatic N) is 4. The van der Waals surface area contributed by atoms with Gasteiger partial charge in [0, 0.05) is 21.2 Å². The Bertz CT molecular complexity index is 1190. The Morgan fingerprint density at radius 3 is 2.60 bits per heavy atom. The zero-order valence-corrected chi connectivity index (χ0v) is 17.3. The van der Waals surface area contributed by atoms with Crippen LogP contribution in [0.3, 0.4) is 0 Å². The maximum absolute atomic E-state index is 12.8. The van der Waals surface area contributed by atoms with Gasteiger partial charge in [-0.3, -0.25) is 5.32 Å². The van der Waals surface area contributed by atoms with E-state index in [1.54, 1.807) is 49.4 Å². The summed E-state index contributed by atoms with van der Waals surface area (Å²) in [5.41, 5.74) is 3.42. The number of amides is 2. The van der Waals surface area contributed by atoms with Gasteiger partial charge in [-0.25, -0.2) is 9.79 Å². The molecule has 0 saturated carbocycles. The summed E-state index contributed by atoms with van der Waals surface area (Å²) in [5.74, 6) is 0.404. The van der Waals surface area contributed by atoms with Crippen molar-refractivity contribution in [1.29, 1.82) is 5.26 Å². The summed E-state index contributed by atoms with van der Waals surface area (Å²) < 4.78 is 0.